The van der Waals surface area contributed by atoms with Gasteiger partial charge in [0.1, 0.15) is 5.75 Å². The standard InChI is InChI=1S/C15H13ClN2O/c1-10-7-11(9-17)3-6-14(10)18-15-8-12(19-2)4-5-13(15)16/h3-8,18H,1-2H3. The smallest absolute Gasteiger partial charge is 0.121 e. The summed E-state index contributed by atoms with van der Waals surface area (Å²) in [7, 11) is 1.61. The SMILES string of the molecule is COc1ccc(Cl)c(Nc2ccc(C#N)cc2C)c1. The van der Waals surface area contributed by atoms with Crippen LogP contribution in [0.25, 0.3) is 0 Å². The number of anilines is 2. The van der Waals surface area contributed by atoms with Crippen LogP contribution >= 0.6 is 11.6 Å². The average molecular weight is 273 g/mol. The van der Waals surface area contributed by atoms with E-state index in [1.54, 1.807) is 25.3 Å². The maximum Gasteiger partial charge on any atom is 0.121 e. The minimum Gasteiger partial charge on any atom is -0.497 e. The van der Waals surface area contributed by atoms with E-state index in [4.69, 9.17) is 21.6 Å². The molecular formula is C15H13ClN2O. The second kappa shape index (κ2) is 5.64. The summed E-state index contributed by atoms with van der Waals surface area (Å²) in [6, 6.07) is 13.0. The van der Waals surface area contributed by atoms with Crippen LogP contribution in [0.1, 0.15) is 11.1 Å². The maximum atomic E-state index is 8.85. The van der Waals surface area contributed by atoms with Crippen molar-refractivity contribution in [3.05, 3.63) is 52.5 Å². The van der Waals surface area contributed by atoms with E-state index in [1.165, 1.54) is 0 Å². The fraction of sp³-hybridized carbons (Fsp3) is 0.133. The number of ether oxygens (including phenoxy) is 1. The third-order valence-corrected chi connectivity index (χ3v) is 3.13. The number of methoxy groups -OCH3 is 1. The molecule has 0 unspecified atom stereocenters. The van der Waals surface area contributed by atoms with Gasteiger partial charge in [-0.05, 0) is 42.8 Å². The van der Waals surface area contributed by atoms with Crippen molar-refractivity contribution in [2.75, 3.05) is 12.4 Å². The van der Waals surface area contributed by atoms with Crippen molar-refractivity contribution < 1.29 is 4.74 Å². The maximum absolute atomic E-state index is 8.85. The highest BCUT2D eigenvalue weighted by Gasteiger charge is 2.05. The van der Waals surface area contributed by atoms with E-state index >= 15 is 0 Å². The number of hydrogen-bond donors (Lipinski definition) is 1. The average Bonchev–Trinajstić information content (AvgIpc) is 2.43. The number of nitriles is 1. The first-order chi connectivity index (χ1) is 9.13. The Morgan fingerprint density at radius 2 is 1.95 bits per heavy atom. The van der Waals surface area contributed by atoms with Crippen LogP contribution in [0.4, 0.5) is 11.4 Å². The third-order valence-electron chi connectivity index (χ3n) is 2.80. The Hall–Kier alpha value is -2.18. The van der Waals surface area contributed by atoms with Gasteiger partial charge in [0.15, 0.2) is 0 Å². The zero-order valence-corrected chi connectivity index (χ0v) is 11.5. The summed E-state index contributed by atoms with van der Waals surface area (Å²) in [6.45, 7) is 1.94. The second-order valence-corrected chi connectivity index (χ2v) is 4.52. The summed E-state index contributed by atoms with van der Waals surface area (Å²) in [6.07, 6.45) is 0. The minimum absolute atomic E-state index is 0.615. The molecule has 0 heterocycles. The Balaban J connectivity index is 2.33. The van der Waals surface area contributed by atoms with Gasteiger partial charge in [0.2, 0.25) is 0 Å². The number of nitrogens with zero attached hydrogens (tertiary/aromatic N) is 1. The molecule has 0 aliphatic heterocycles. The van der Waals surface area contributed by atoms with Crippen molar-refractivity contribution in [3.63, 3.8) is 0 Å². The van der Waals surface area contributed by atoms with E-state index in [0.29, 0.717) is 10.6 Å². The molecule has 2 aromatic rings. The van der Waals surface area contributed by atoms with Gasteiger partial charge in [0.05, 0.1) is 29.5 Å². The normalized spacial score (nSPS) is 9.79. The number of halogens is 1. The Labute approximate surface area is 117 Å². The number of rotatable bonds is 3. The van der Waals surface area contributed by atoms with Crippen LogP contribution in [0.15, 0.2) is 36.4 Å². The predicted octanol–water partition coefficient (Wildman–Crippen LogP) is 4.27. The number of hydrogen-bond acceptors (Lipinski definition) is 3. The Morgan fingerprint density at radius 1 is 1.16 bits per heavy atom. The van der Waals surface area contributed by atoms with Gasteiger partial charge >= 0.3 is 0 Å². The molecule has 0 amide bonds. The molecule has 3 nitrogen and oxygen atoms in total. The summed E-state index contributed by atoms with van der Waals surface area (Å²) in [5, 5.41) is 12.7. The highest BCUT2D eigenvalue weighted by Crippen LogP contribution is 2.30. The zero-order chi connectivity index (χ0) is 13.8. The van der Waals surface area contributed by atoms with Gasteiger partial charge in [-0.2, -0.15) is 5.26 Å². The summed E-state index contributed by atoms with van der Waals surface area (Å²) >= 11 is 6.14. The van der Waals surface area contributed by atoms with Gasteiger partial charge in [-0.15, -0.1) is 0 Å². The molecule has 1 N–H and O–H groups in total. The lowest BCUT2D eigenvalue weighted by Crippen LogP contribution is -1.95. The molecule has 96 valence electrons. The fourth-order valence-electron chi connectivity index (χ4n) is 1.75. The van der Waals surface area contributed by atoms with Gasteiger partial charge in [0, 0.05) is 11.8 Å². The van der Waals surface area contributed by atoms with Crippen molar-refractivity contribution in [3.8, 4) is 11.8 Å². The Morgan fingerprint density at radius 3 is 2.58 bits per heavy atom. The van der Waals surface area contributed by atoms with Crippen molar-refractivity contribution in [2.24, 2.45) is 0 Å². The van der Waals surface area contributed by atoms with E-state index in [0.717, 1.165) is 22.7 Å². The molecule has 0 bridgehead atoms. The molecule has 4 heteroatoms. The topological polar surface area (TPSA) is 45.0 Å². The van der Waals surface area contributed by atoms with E-state index in [9.17, 15) is 0 Å². The molecule has 0 spiro atoms. The van der Waals surface area contributed by atoms with E-state index in [-0.39, 0.29) is 0 Å². The van der Waals surface area contributed by atoms with Crippen molar-refractivity contribution >= 4 is 23.0 Å². The van der Waals surface area contributed by atoms with Crippen LogP contribution in [0.5, 0.6) is 5.75 Å². The summed E-state index contributed by atoms with van der Waals surface area (Å²) in [5.74, 6) is 0.734. The summed E-state index contributed by atoms with van der Waals surface area (Å²) < 4.78 is 5.17. The molecule has 0 aliphatic carbocycles. The predicted molar refractivity (Wildman–Crippen MR) is 77.2 cm³/mol. The van der Waals surface area contributed by atoms with E-state index < -0.39 is 0 Å². The molecule has 0 fully saturated rings. The summed E-state index contributed by atoms with van der Waals surface area (Å²) in [4.78, 5) is 0. The van der Waals surface area contributed by atoms with Gasteiger partial charge in [-0.3, -0.25) is 0 Å². The number of aryl methyl sites for hydroxylation is 1. The largest absolute Gasteiger partial charge is 0.497 e. The molecule has 0 aliphatic rings. The molecule has 2 aromatic carbocycles. The van der Waals surface area contributed by atoms with Crippen LogP contribution in [0, 0.1) is 18.3 Å². The molecule has 0 saturated heterocycles. The van der Waals surface area contributed by atoms with Crippen molar-refractivity contribution in [1.29, 1.82) is 5.26 Å². The Bertz CT molecular complexity index is 647. The van der Waals surface area contributed by atoms with E-state index in [2.05, 4.69) is 11.4 Å². The lowest BCUT2D eigenvalue weighted by molar-refractivity contribution is 0.415. The monoisotopic (exact) mass is 272 g/mol. The lowest BCUT2D eigenvalue weighted by Gasteiger charge is -2.12. The number of benzene rings is 2. The first-order valence-electron chi connectivity index (χ1n) is 5.75. The molecule has 2 rings (SSSR count). The fourth-order valence-corrected chi connectivity index (χ4v) is 1.91. The molecule has 0 saturated carbocycles. The molecule has 19 heavy (non-hydrogen) atoms. The first kappa shape index (κ1) is 13.3. The Kier molecular flexibility index (Phi) is 3.94. The van der Waals surface area contributed by atoms with Crippen molar-refractivity contribution in [1.82, 2.24) is 0 Å². The van der Waals surface area contributed by atoms with Crippen molar-refractivity contribution in [2.45, 2.75) is 6.92 Å². The van der Waals surface area contributed by atoms with Crippen LogP contribution in [0.2, 0.25) is 5.02 Å². The summed E-state index contributed by atoms with van der Waals surface area (Å²) in [5.41, 5.74) is 3.31. The highest BCUT2D eigenvalue weighted by atomic mass is 35.5. The zero-order valence-electron chi connectivity index (χ0n) is 10.7. The third kappa shape index (κ3) is 2.98. The van der Waals surface area contributed by atoms with Crippen LogP contribution in [-0.2, 0) is 0 Å². The second-order valence-electron chi connectivity index (χ2n) is 4.11. The van der Waals surface area contributed by atoms with Gasteiger partial charge in [0.25, 0.3) is 0 Å². The van der Waals surface area contributed by atoms with E-state index in [1.807, 2.05) is 25.1 Å². The van der Waals surface area contributed by atoms with Crippen LogP contribution < -0.4 is 10.1 Å². The van der Waals surface area contributed by atoms with Gasteiger partial charge in [-0.25, -0.2) is 0 Å². The van der Waals surface area contributed by atoms with Crippen LogP contribution in [0.3, 0.4) is 0 Å². The molecule has 0 aromatic heterocycles. The molecule has 0 atom stereocenters. The molecule has 0 radical (unpaired) electrons. The van der Waals surface area contributed by atoms with Gasteiger partial charge < -0.3 is 10.1 Å². The first-order valence-corrected chi connectivity index (χ1v) is 6.13. The molecular weight excluding hydrogens is 260 g/mol. The number of nitrogens with one attached hydrogen (secondary N) is 1. The van der Waals surface area contributed by atoms with Gasteiger partial charge in [-0.1, -0.05) is 11.6 Å². The van der Waals surface area contributed by atoms with Crippen LogP contribution in [-0.4, -0.2) is 7.11 Å². The lowest BCUT2D eigenvalue weighted by atomic mass is 10.1. The highest BCUT2D eigenvalue weighted by molar-refractivity contribution is 6.33. The quantitative estimate of drug-likeness (QED) is 0.907. The minimum atomic E-state index is 0.615.